The van der Waals surface area contributed by atoms with Gasteiger partial charge in [0.25, 0.3) is 5.91 Å². The van der Waals surface area contributed by atoms with Crippen molar-refractivity contribution in [1.29, 1.82) is 0 Å². The molecule has 1 rings (SSSR count). The molecule has 1 N–H and O–H groups in total. The molecule has 5 nitrogen and oxygen atoms in total. The van der Waals surface area contributed by atoms with Gasteiger partial charge in [0.05, 0.1) is 29.8 Å². The molecule has 0 aliphatic rings. The van der Waals surface area contributed by atoms with Crippen molar-refractivity contribution in [3.05, 3.63) is 15.0 Å². The molecule has 1 aromatic heterocycles. The van der Waals surface area contributed by atoms with Crippen LogP contribution >= 0.6 is 27.3 Å². The van der Waals surface area contributed by atoms with Crippen LogP contribution < -0.4 is 5.32 Å². The molecule has 90 valence electrons. The summed E-state index contributed by atoms with van der Waals surface area (Å²) >= 11 is 4.55. The fraction of sp³-hybridized carbons (Fsp3) is 0.556. The zero-order chi connectivity index (χ0) is 11.8. The van der Waals surface area contributed by atoms with Gasteiger partial charge in [-0.1, -0.05) is 0 Å². The van der Waals surface area contributed by atoms with Crippen LogP contribution in [0.3, 0.4) is 0 Å². The Kier molecular flexibility index (Phi) is 6.55. The van der Waals surface area contributed by atoms with Gasteiger partial charge < -0.3 is 14.8 Å². The third-order valence-corrected chi connectivity index (χ3v) is 3.11. The summed E-state index contributed by atoms with van der Waals surface area (Å²) in [6.45, 7) is 2.05. The van der Waals surface area contributed by atoms with E-state index in [1.807, 2.05) is 0 Å². The van der Waals surface area contributed by atoms with Gasteiger partial charge in [0.2, 0.25) is 0 Å². The van der Waals surface area contributed by atoms with E-state index in [2.05, 4.69) is 26.2 Å². The normalized spacial score (nSPS) is 10.4. The van der Waals surface area contributed by atoms with Crippen molar-refractivity contribution in [1.82, 2.24) is 10.3 Å². The SMILES string of the molecule is COCCOCCNC(=O)c1ncc(Br)s1. The molecule has 0 radical (unpaired) electrons. The largest absolute Gasteiger partial charge is 0.382 e. The zero-order valence-corrected chi connectivity index (χ0v) is 11.3. The first-order valence-electron chi connectivity index (χ1n) is 4.70. The Hall–Kier alpha value is -0.500. The van der Waals surface area contributed by atoms with E-state index in [0.717, 1.165) is 3.79 Å². The van der Waals surface area contributed by atoms with Crippen molar-refractivity contribution < 1.29 is 14.3 Å². The third-order valence-electron chi connectivity index (χ3n) is 1.64. The molecular weight excluding hydrogens is 296 g/mol. The average molecular weight is 309 g/mol. The number of thiazole rings is 1. The molecular formula is C9H13BrN2O3S. The van der Waals surface area contributed by atoms with Crippen LogP contribution in [-0.2, 0) is 9.47 Å². The van der Waals surface area contributed by atoms with E-state index < -0.39 is 0 Å². The van der Waals surface area contributed by atoms with E-state index in [1.165, 1.54) is 11.3 Å². The van der Waals surface area contributed by atoms with E-state index in [0.29, 0.717) is 31.4 Å². The first kappa shape index (κ1) is 13.6. The highest BCUT2D eigenvalue weighted by molar-refractivity contribution is 9.11. The van der Waals surface area contributed by atoms with Crippen LogP contribution in [-0.4, -0.2) is 44.4 Å². The van der Waals surface area contributed by atoms with Crippen LogP contribution in [0, 0.1) is 0 Å². The second-order valence-electron chi connectivity index (χ2n) is 2.83. The van der Waals surface area contributed by atoms with Gasteiger partial charge in [0, 0.05) is 13.7 Å². The van der Waals surface area contributed by atoms with Crippen molar-refractivity contribution in [2.45, 2.75) is 0 Å². The number of amides is 1. The summed E-state index contributed by atoms with van der Waals surface area (Å²) < 4.78 is 10.9. The molecule has 0 atom stereocenters. The quantitative estimate of drug-likeness (QED) is 0.771. The minimum absolute atomic E-state index is 0.175. The highest BCUT2D eigenvalue weighted by Crippen LogP contribution is 2.18. The number of methoxy groups -OCH3 is 1. The van der Waals surface area contributed by atoms with Crippen molar-refractivity contribution in [2.24, 2.45) is 0 Å². The average Bonchev–Trinajstić information content (AvgIpc) is 2.70. The lowest BCUT2D eigenvalue weighted by Crippen LogP contribution is -2.27. The maximum Gasteiger partial charge on any atom is 0.280 e. The molecule has 0 aliphatic carbocycles. The van der Waals surface area contributed by atoms with Gasteiger partial charge >= 0.3 is 0 Å². The Morgan fingerprint density at radius 3 is 3.00 bits per heavy atom. The summed E-state index contributed by atoms with van der Waals surface area (Å²) in [6.07, 6.45) is 1.61. The number of hydrogen-bond acceptors (Lipinski definition) is 5. The summed E-state index contributed by atoms with van der Waals surface area (Å²) in [4.78, 5) is 15.4. The monoisotopic (exact) mass is 308 g/mol. The molecule has 16 heavy (non-hydrogen) atoms. The number of rotatable bonds is 7. The topological polar surface area (TPSA) is 60.5 Å². The number of nitrogens with zero attached hydrogens (tertiary/aromatic N) is 1. The molecule has 0 bridgehead atoms. The molecule has 0 aromatic carbocycles. The van der Waals surface area contributed by atoms with E-state index in [1.54, 1.807) is 13.3 Å². The predicted molar refractivity (Wildman–Crippen MR) is 64.8 cm³/mol. The van der Waals surface area contributed by atoms with Gasteiger partial charge in [-0.25, -0.2) is 4.98 Å². The first-order chi connectivity index (χ1) is 7.74. The van der Waals surface area contributed by atoms with Gasteiger partial charge in [-0.15, -0.1) is 11.3 Å². The highest BCUT2D eigenvalue weighted by Gasteiger charge is 2.08. The predicted octanol–water partition coefficient (Wildman–Crippen LogP) is 1.30. The van der Waals surface area contributed by atoms with Crippen LogP contribution in [0.1, 0.15) is 9.80 Å². The Morgan fingerprint density at radius 1 is 1.56 bits per heavy atom. The van der Waals surface area contributed by atoms with Crippen molar-refractivity contribution in [2.75, 3.05) is 33.5 Å². The minimum Gasteiger partial charge on any atom is -0.382 e. The van der Waals surface area contributed by atoms with Crippen LogP contribution in [0.15, 0.2) is 9.98 Å². The van der Waals surface area contributed by atoms with Crippen LogP contribution in [0.25, 0.3) is 0 Å². The maximum absolute atomic E-state index is 11.5. The van der Waals surface area contributed by atoms with Crippen LogP contribution in [0.5, 0.6) is 0 Å². The highest BCUT2D eigenvalue weighted by atomic mass is 79.9. The van der Waals surface area contributed by atoms with Crippen molar-refractivity contribution in [3.8, 4) is 0 Å². The second-order valence-corrected chi connectivity index (χ2v) is 5.24. The number of carbonyl (C=O) groups is 1. The number of nitrogens with one attached hydrogen (secondary N) is 1. The summed E-state index contributed by atoms with van der Waals surface area (Å²) in [5.41, 5.74) is 0. The number of ether oxygens (including phenoxy) is 2. The summed E-state index contributed by atoms with van der Waals surface area (Å²) in [5, 5.41) is 3.16. The third kappa shape index (κ3) is 5.02. The van der Waals surface area contributed by atoms with Gasteiger partial charge in [-0.3, -0.25) is 4.79 Å². The van der Waals surface area contributed by atoms with E-state index in [9.17, 15) is 4.79 Å². The van der Waals surface area contributed by atoms with Gasteiger partial charge in [0.15, 0.2) is 5.01 Å². The Balaban J connectivity index is 2.11. The molecule has 1 aromatic rings. The van der Waals surface area contributed by atoms with Crippen molar-refractivity contribution >= 4 is 33.2 Å². The molecule has 0 fully saturated rings. The number of halogens is 1. The first-order valence-corrected chi connectivity index (χ1v) is 6.31. The summed E-state index contributed by atoms with van der Waals surface area (Å²) in [6, 6.07) is 0. The van der Waals surface area contributed by atoms with E-state index in [4.69, 9.17) is 9.47 Å². The molecule has 7 heteroatoms. The fourth-order valence-electron chi connectivity index (χ4n) is 0.916. The second kappa shape index (κ2) is 7.72. The lowest BCUT2D eigenvalue weighted by Gasteiger charge is -2.04. The van der Waals surface area contributed by atoms with Crippen molar-refractivity contribution in [3.63, 3.8) is 0 Å². The fourth-order valence-corrected chi connectivity index (χ4v) is 2.04. The Labute approximate surface area is 106 Å². The maximum atomic E-state index is 11.5. The molecule has 0 saturated heterocycles. The summed E-state index contributed by atoms with van der Waals surface area (Å²) in [7, 11) is 1.62. The van der Waals surface area contributed by atoms with Gasteiger partial charge in [0.1, 0.15) is 0 Å². The van der Waals surface area contributed by atoms with E-state index >= 15 is 0 Å². The molecule has 1 amide bonds. The molecule has 0 unspecified atom stereocenters. The number of aromatic nitrogens is 1. The minimum atomic E-state index is -0.175. The van der Waals surface area contributed by atoms with Gasteiger partial charge in [-0.2, -0.15) is 0 Å². The standard InChI is InChI=1S/C9H13BrN2O3S/c1-14-4-5-15-3-2-11-8(13)9-12-6-7(10)16-9/h6H,2-5H2,1H3,(H,11,13). The Morgan fingerprint density at radius 2 is 2.38 bits per heavy atom. The van der Waals surface area contributed by atoms with Gasteiger partial charge in [-0.05, 0) is 15.9 Å². The molecule has 0 saturated carbocycles. The summed E-state index contributed by atoms with van der Waals surface area (Å²) in [5.74, 6) is -0.175. The zero-order valence-electron chi connectivity index (χ0n) is 8.86. The van der Waals surface area contributed by atoms with Crippen LogP contribution in [0.4, 0.5) is 0 Å². The lowest BCUT2D eigenvalue weighted by molar-refractivity contribution is 0.0692. The van der Waals surface area contributed by atoms with E-state index in [-0.39, 0.29) is 5.91 Å². The lowest BCUT2D eigenvalue weighted by atomic mass is 10.6. The molecule has 0 spiro atoms. The van der Waals surface area contributed by atoms with Crippen LogP contribution in [0.2, 0.25) is 0 Å². The Bertz CT molecular complexity index is 332. The molecule has 1 heterocycles. The number of carbonyl (C=O) groups excluding carboxylic acids is 1. The smallest absolute Gasteiger partial charge is 0.280 e. The molecule has 0 aliphatic heterocycles. The number of hydrogen-bond donors (Lipinski definition) is 1.